The van der Waals surface area contributed by atoms with Gasteiger partial charge in [-0.05, 0) is 38.9 Å². The van der Waals surface area contributed by atoms with Gasteiger partial charge in [-0.2, -0.15) is 0 Å². The van der Waals surface area contributed by atoms with E-state index >= 15 is 0 Å². The van der Waals surface area contributed by atoms with Crippen LogP contribution in [0.2, 0.25) is 19.1 Å². The summed E-state index contributed by atoms with van der Waals surface area (Å²) in [6.07, 6.45) is 5.61. The van der Waals surface area contributed by atoms with Crippen molar-refractivity contribution in [3.05, 3.63) is 12.7 Å². The summed E-state index contributed by atoms with van der Waals surface area (Å²) in [5.74, 6) is -0.328. The minimum absolute atomic E-state index is 0.00631. The van der Waals surface area contributed by atoms with Crippen molar-refractivity contribution in [2.75, 3.05) is 7.11 Å². The molecule has 0 amide bonds. The maximum absolute atomic E-state index is 10.9. The van der Waals surface area contributed by atoms with E-state index in [0.717, 1.165) is 12.8 Å². The van der Waals surface area contributed by atoms with Crippen LogP contribution in [0.15, 0.2) is 12.7 Å². The number of hydrogen-bond acceptors (Lipinski definition) is 3. The van der Waals surface area contributed by atoms with Gasteiger partial charge < -0.3 is 9.16 Å². The van der Waals surface area contributed by atoms with Crippen molar-refractivity contribution >= 4 is 14.3 Å². The van der Waals surface area contributed by atoms with Crippen molar-refractivity contribution in [3.8, 4) is 0 Å². The highest BCUT2D eigenvalue weighted by atomic mass is 28.4. The zero-order valence-electron chi connectivity index (χ0n) is 11.6. The molecule has 17 heavy (non-hydrogen) atoms. The van der Waals surface area contributed by atoms with E-state index in [1.165, 1.54) is 25.0 Å². The summed E-state index contributed by atoms with van der Waals surface area (Å²) in [5.41, 5.74) is 0. The molecule has 0 spiro atoms. The number of esters is 1. The molecule has 0 aromatic heterocycles. The standard InChI is InChI=1S/C13H26O3Si/c1-6-13(14)16-12(2)10-8-7-9-11-17(4,5)15-3/h6,12H,1,7-11H2,2-5H3. The number of ether oxygens (including phenoxy) is 1. The normalized spacial score (nSPS) is 13.2. The number of unbranched alkanes of at least 4 members (excludes halogenated alkanes) is 2. The predicted molar refractivity (Wildman–Crippen MR) is 73.5 cm³/mol. The van der Waals surface area contributed by atoms with E-state index in [9.17, 15) is 4.79 Å². The average molecular weight is 258 g/mol. The summed E-state index contributed by atoms with van der Waals surface area (Å²) in [4.78, 5) is 10.9. The molecule has 0 saturated heterocycles. The van der Waals surface area contributed by atoms with Gasteiger partial charge in [0.1, 0.15) is 0 Å². The first-order valence-electron chi connectivity index (χ1n) is 6.29. The van der Waals surface area contributed by atoms with Gasteiger partial charge in [0, 0.05) is 13.2 Å². The molecule has 0 aromatic carbocycles. The van der Waals surface area contributed by atoms with Crippen LogP contribution in [0, 0.1) is 0 Å². The molecule has 0 aliphatic carbocycles. The Kier molecular flexibility index (Phi) is 8.17. The number of rotatable bonds is 9. The molecular weight excluding hydrogens is 232 g/mol. The van der Waals surface area contributed by atoms with Crippen molar-refractivity contribution in [2.24, 2.45) is 0 Å². The van der Waals surface area contributed by atoms with Crippen LogP contribution in [0.3, 0.4) is 0 Å². The van der Waals surface area contributed by atoms with Crippen LogP contribution in [0.4, 0.5) is 0 Å². The number of hydrogen-bond donors (Lipinski definition) is 0. The van der Waals surface area contributed by atoms with Crippen LogP contribution in [-0.4, -0.2) is 27.5 Å². The number of carbonyl (C=O) groups is 1. The van der Waals surface area contributed by atoms with Crippen LogP contribution in [0.5, 0.6) is 0 Å². The Morgan fingerprint density at radius 1 is 1.35 bits per heavy atom. The zero-order valence-corrected chi connectivity index (χ0v) is 12.6. The molecule has 0 fully saturated rings. The minimum atomic E-state index is -1.39. The molecular formula is C13H26O3Si. The molecule has 0 heterocycles. The third-order valence-corrected chi connectivity index (χ3v) is 5.59. The van der Waals surface area contributed by atoms with Crippen LogP contribution in [0.25, 0.3) is 0 Å². The van der Waals surface area contributed by atoms with Crippen molar-refractivity contribution in [3.63, 3.8) is 0 Å². The minimum Gasteiger partial charge on any atom is -0.460 e. The van der Waals surface area contributed by atoms with E-state index in [2.05, 4.69) is 19.7 Å². The van der Waals surface area contributed by atoms with Crippen molar-refractivity contribution in [1.82, 2.24) is 0 Å². The molecule has 4 heteroatoms. The third-order valence-electron chi connectivity index (χ3n) is 2.93. The van der Waals surface area contributed by atoms with Crippen molar-refractivity contribution in [1.29, 1.82) is 0 Å². The van der Waals surface area contributed by atoms with Crippen LogP contribution >= 0.6 is 0 Å². The topological polar surface area (TPSA) is 35.5 Å². The summed E-state index contributed by atoms with van der Waals surface area (Å²) in [6, 6.07) is 1.20. The summed E-state index contributed by atoms with van der Waals surface area (Å²) in [6.45, 7) is 9.78. The first kappa shape index (κ1) is 16.4. The lowest BCUT2D eigenvalue weighted by molar-refractivity contribution is -0.142. The fourth-order valence-corrected chi connectivity index (χ4v) is 2.87. The van der Waals surface area contributed by atoms with Gasteiger partial charge in [0.25, 0.3) is 0 Å². The second kappa shape index (κ2) is 8.47. The highest BCUT2D eigenvalue weighted by Gasteiger charge is 2.19. The molecule has 0 radical (unpaired) electrons. The third kappa shape index (κ3) is 9.12. The Balaban J connectivity index is 3.51. The molecule has 1 atom stereocenters. The summed E-state index contributed by atoms with van der Waals surface area (Å²) >= 11 is 0. The summed E-state index contributed by atoms with van der Waals surface area (Å²) in [5, 5.41) is 0. The first-order chi connectivity index (χ1) is 7.91. The van der Waals surface area contributed by atoms with Crippen molar-refractivity contribution < 1.29 is 14.0 Å². The quantitative estimate of drug-likeness (QED) is 0.275. The highest BCUT2D eigenvalue weighted by Crippen LogP contribution is 2.16. The van der Waals surface area contributed by atoms with E-state index in [1.54, 1.807) is 0 Å². The van der Waals surface area contributed by atoms with Crippen LogP contribution < -0.4 is 0 Å². The van der Waals surface area contributed by atoms with Gasteiger partial charge >= 0.3 is 5.97 Å². The molecule has 0 N–H and O–H groups in total. The van der Waals surface area contributed by atoms with E-state index in [-0.39, 0.29) is 12.1 Å². The largest absolute Gasteiger partial charge is 0.460 e. The monoisotopic (exact) mass is 258 g/mol. The number of carbonyl (C=O) groups excluding carboxylic acids is 1. The van der Waals surface area contributed by atoms with Crippen molar-refractivity contribution in [2.45, 2.75) is 57.8 Å². The van der Waals surface area contributed by atoms with Gasteiger partial charge in [0.05, 0.1) is 6.10 Å². The molecule has 100 valence electrons. The Bertz CT molecular complexity index is 239. The van der Waals surface area contributed by atoms with Gasteiger partial charge in [-0.1, -0.05) is 19.4 Å². The van der Waals surface area contributed by atoms with E-state index in [0.29, 0.717) is 0 Å². The molecule has 0 bridgehead atoms. The van der Waals surface area contributed by atoms with E-state index in [4.69, 9.17) is 9.16 Å². The Hall–Kier alpha value is -0.613. The molecule has 0 aliphatic rings. The van der Waals surface area contributed by atoms with E-state index in [1.807, 2.05) is 14.0 Å². The first-order valence-corrected chi connectivity index (χ1v) is 9.41. The molecule has 0 aliphatic heterocycles. The van der Waals surface area contributed by atoms with Gasteiger partial charge in [0.15, 0.2) is 8.32 Å². The molecule has 1 unspecified atom stereocenters. The maximum atomic E-state index is 10.9. The lowest BCUT2D eigenvalue weighted by Crippen LogP contribution is -2.27. The van der Waals surface area contributed by atoms with Gasteiger partial charge in [-0.25, -0.2) is 4.79 Å². The van der Waals surface area contributed by atoms with Gasteiger partial charge in [0.2, 0.25) is 0 Å². The Morgan fingerprint density at radius 3 is 2.53 bits per heavy atom. The Labute approximate surface area is 106 Å². The fourth-order valence-electron chi connectivity index (χ4n) is 1.57. The molecule has 0 rings (SSSR count). The Morgan fingerprint density at radius 2 is 2.00 bits per heavy atom. The summed E-state index contributed by atoms with van der Waals surface area (Å²) < 4.78 is 10.6. The van der Waals surface area contributed by atoms with Crippen LogP contribution in [0.1, 0.15) is 32.6 Å². The predicted octanol–water partition coefficient (Wildman–Crippen LogP) is 3.52. The molecule has 3 nitrogen and oxygen atoms in total. The van der Waals surface area contributed by atoms with E-state index < -0.39 is 8.32 Å². The van der Waals surface area contributed by atoms with Gasteiger partial charge in [-0.3, -0.25) is 0 Å². The second-order valence-electron chi connectivity index (χ2n) is 5.01. The van der Waals surface area contributed by atoms with Gasteiger partial charge in [-0.15, -0.1) is 0 Å². The van der Waals surface area contributed by atoms with Crippen LogP contribution in [-0.2, 0) is 14.0 Å². The summed E-state index contributed by atoms with van der Waals surface area (Å²) in [7, 11) is 0.423. The highest BCUT2D eigenvalue weighted by molar-refractivity contribution is 6.71. The maximum Gasteiger partial charge on any atom is 0.330 e. The fraction of sp³-hybridized carbons (Fsp3) is 0.769. The molecule has 0 aromatic rings. The lowest BCUT2D eigenvalue weighted by Gasteiger charge is -2.19. The smallest absolute Gasteiger partial charge is 0.330 e. The SMILES string of the molecule is C=CC(=O)OC(C)CCCCC[Si](C)(C)OC. The lowest BCUT2D eigenvalue weighted by atomic mass is 10.1. The molecule has 0 saturated carbocycles. The second-order valence-corrected chi connectivity index (χ2v) is 9.44. The average Bonchev–Trinajstić information content (AvgIpc) is 2.28. The zero-order chi connectivity index (χ0) is 13.3.